The van der Waals surface area contributed by atoms with E-state index in [4.69, 9.17) is 23.7 Å². The first-order valence-electron chi connectivity index (χ1n) is 30.6. The van der Waals surface area contributed by atoms with E-state index in [1.807, 2.05) is 12.2 Å². The van der Waals surface area contributed by atoms with E-state index in [9.17, 15) is 34.5 Å². The predicted molar refractivity (Wildman–Crippen MR) is 312 cm³/mol. The lowest BCUT2D eigenvalue weighted by molar-refractivity contribution is -0.301. The van der Waals surface area contributed by atoms with Gasteiger partial charge in [0.25, 0.3) is 0 Å². The van der Waals surface area contributed by atoms with E-state index in [0.29, 0.717) is 25.7 Å². The maximum absolute atomic E-state index is 13.1. The van der Waals surface area contributed by atoms with Crippen LogP contribution >= 0.6 is 0 Å². The molecule has 0 spiro atoms. The number of esters is 3. The van der Waals surface area contributed by atoms with Gasteiger partial charge >= 0.3 is 23.9 Å². The van der Waals surface area contributed by atoms with Crippen molar-refractivity contribution in [1.29, 1.82) is 0 Å². The minimum absolute atomic E-state index is 0.0376. The highest BCUT2D eigenvalue weighted by Gasteiger charge is 2.50. The van der Waals surface area contributed by atoms with Gasteiger partial charge in [0.05, 0.1) is 6.61 Å². The van der Waals surface area contributed by atoms with Crippen molar-refractivity contribution in [3.05, 3.63) is 85.1 Å². The van der Waals surface area contributed by atoms with Crippen molar-refractivity contribution < 1.29 is 58.2 Å². The maximum Gasteiger partial charge on any atom is 0.335 e. The average Bonchev–Trinajstić information content (AvgIpc) is 3.42. The molecule has 0 aromatic rings. The number of hydrogen-bond donors (Lipinski definition) is 3. The molecule has 0 aromatic carbocycles. The Morgan fingerprint density at radius 1 is 0.442 bits per heavy atom. The quantitative estimate of drug-likeness (QED) is 0.0228. The number of aliphatic carboxylic acids is 1. The molecule has 1 rings (SSSR count). The first-order chi connectivity index (χ1) is 37.6. The molecule has 1 fully saturated rings. The highest BCUT2D eigenvalue weighted by atomic mass is 16.7. The van der Waals surface area contributed by atoms with Crippen LogP contribution in [0.5, 0.6) is 0 Å². The van der Waals surface area contributed by atoms with Crippen molar-refractivity contribution in [2.24, 2.45) is 0 Å². The molecule has 1 aliphatic heterocycles. The third-order valence-corrected chi connectivity index (χ3v) is 13.4. The molecule has 12 nitrogen and oxygen atoms in total. The van der Waals surface area contributed by atoms with E-state index in [-0.39, 0.29) is 25.9 Å². The molecule has 6 atom stereocenters. The van der Waals surface area contributed by atoms with Crippen molar-refractivity contribution in [2.45, 2.75) is 289 Å². The van der Waals surface area contributed by atoms with Crippen LogP contribution in [0.4, 0.5) is 0 Å². The minimum atomic E-state index is -1.92. The van der Waals surface area contributed by atoms with Crippen molar-refractivity contribution in [1.82, 2.24) is 0 Å². The van der Waals surface area contributed by atoms with Gasteiger partial charge in [0.2, 0.25) is 0 Å². The summed E-state index contributed by atoms with van der Waals surface area (Å²) in [4.78, 5) is 51.1. The molecule has 0 radical (unpaired) electrons. The number of allylic oxidation sites excluding steroid dienone is 14. The molecule has 12 heteroatoms. The second-order valence-corrected chi connectivity index (χ2v) is 20.6. The Bertz CT molecular complexity index is 1660. The predicted octanol–water partition coefficient (Wildman–Crippen LogP) is 15.9. The topological polar surface area (TPSA) is 175 Å². The molecule has 0 amide bonds. The largest absolute Gasteiger partial charge is 0.479 e. The number of aliphatic hydroxyl groups is 2. The van der Waals surface area contributed by atoms with Gasteiger partial charge < -0.3 is 39.0 Å². The van der Waals surface area contributed by atoms with Gasteiger partial charge in [-0.3, -0.25) is 14.4 Å². The van der Waals surface area contributed by atoms with Gasteiger partial charge in [-0.05, 0) is 103 Å². The van der Waals surface area contributed by atoms with Crippen molar-refractivity contribution >= 4 is 23.9 Å². The molecule has 77 heavy (non-hydrogen) atoms. The standard InChI is InChI=1S/C65H108O12/c1-4-7-10-13-16-19-22-25-27-28-29-30-32-34-36-39-42-45-48-51-57(66)73-54-56(75-58(67)52-49-46-43-40-37-33-24-21-18-15-12-9-6-3)55-74-65-63(61(70)60(69)62(77-65)64(71)72)76-59(68)53-50-47-44-41-38-35-31-26-23-20-17-14-11-8-5-2/h9,12,16,18-19,21,25-27,31,33,37,43,46,56,60-63,65,69-70H,4-8,10-11,13-15,17,20,22-24,28-30,32,34-36,38-42,44-45,47-55H2,1-3H3,(H,71,72)/b12-9-,19-16-,21-18-,27-25-,31-26-,37-33-,46-43-. The Kier molecular flexibility index (Phi) is 48.4. The zero-order valence-corrected chi connectivity index (χ0v) is 48.4. The van der Waals surface area contributed by atoms with E-state index < -0.39 is 67.3 Å². The Morgan fingerprint density at radius 3 is 1.34 bits per heavy atom. The Balaban J connectivity index is 2.70. The van der Waals surface area contributed by atoms with E-state index in [2.05, 4.69) is 93.7 Å². The molecule has 0 bridgehead atoms. The molecule has 1 saturated heterocycles. The summed E-state index contributed by atoms with van der Waals surface area (Å²) in [5, 5.41) is 31.5. The Morgan fingerprint density at radius 2 is 0.844 bits per heavy atom. The normalized spacial score (nSPS) is 18.6. The van der Waals surface area contributed by atoms with Crippen molar-refractivity contribution in [3.63, 3.8) is 0 Å². The third-order valence-electron chi connectivity index (χ3n) is 13.4. The minimum Gasteiger partial charge on any atom is -0.479 e. The van der Waals surface area contributed by atoms with Gasteiger partial charge in [-0.1, -0.05) is 215 Å². The monoisotopic (exact) mass is 1080 g/mol. The van der Waals surface area contributed by atoms with Gasteiger partial charge in [-0.25, -0.2) is 4.79 Å². The summed E-state index contributed by atoms with van der Waals surface area (Å²) in [5.41, 5.74) is 0. The highest BCUT2D eigenvalue weighted by molar-refractivity contribution is 5.74. The zero-order valence-electron chi connectivity index (χ0n) is 48.4. The summed E-state index contributed by atoms with van der Waals surface area (Å²) >= 11 is 0. The van der Waals surface area contributed by atoms with Crippen LogP contribution in [-0.4, -0.2) is 89.2 Å². The molecule has 6 unspecified atom stereocenters. The van der Waals surface area contributed by atoms with Crippen LogP contribution in [0.2, 0.25) is 0 Å². The van der Waals surface area contributed by atoms with Gasteiger partial charge in [-0.15, -0.1) is 0 Å². The Labute approximate surface area is 467 Å². The van der Waals surface area contributed by atoms with Gasteiger partial charge in [0, 0.05) is 19.3 Å². The second-order valence-electron chi connectivity index (χ2n) is 20.6. The molecule has 0 aliphatic carbocycles. The Hall–Kier alpha value is -4.10. The van der Waals surface area contributed by atoms with E-state index >= 15 is 0 Å². The molecule has 1 heterocycles. The van der Waals surface area contributed by atoms with E-state index in [1.54, 1.807) is 0 Å². The second kappa shape index (κ2) is 52.6. The van der Waals surface area contributed by atoms with Crippen LogP contribution in [-0.2, 0) is 42.9 Å². The number of carboxylic acids is 1. The number of carbonyl (C=O) groups excluding carboxylic acids is 3. The van der Waals surface area contributed by atoms with Crippen molar-refractivity contribution in [3.8, 4) is 0 Å². The number of ether oxygens (including phenoxy) is 5. The summed E-state index contributed by atoms with van der Waals surface area (Å²) in [6.07, 6.45) is 55.7. The number of carboxylic acid groups (broad SMARTS) is 1. The fraction of sp³-hybridized carbons (Fsp3) is 0.723. The van der Waals surface area contributed by atoms with E-state index in [0.717, 1.165) is 89.9 Å². The lowest BCUT2D eigenvalue weighted by Crippen LogP contribution is -2.61. The third kappa shape index (κ3) is 42.5. The molecular weight excluding hydrogens is 973 g/mol. The van der Waals surface area contributed by atoms with Crippen LogP contribution in [0.15, 0.2) is 85.1 Å². The smallest absolute Gasteiger partial charge is 0.335 e. The van der Waals surface area contributed by atoms with Gasteiger partial charge in [0.15, 0.2) is 24.6 Å². The fourth-order valence-electron chi connectivity index (χ4n) is 8.76. The summed E-state index contributed by atoms with van der Waals surface area (Å²) in [6, 6.07) is 0. The molecular formula is C65H108O12. The number of hydrogen-bond acceptors (Lipinski definition) is 11. The molecule has 0 saturated carbocycles. The van der Waals surface area contributed by atoms with Crippen LogP contribution in [0.25, 0.3) is 0 Å². The zero-order chi connectivity index (χ0) is 56.1. The number of carbonyl (C=O) groups is 4. The van der Waals surface area contributed by atoms with Gasteiger partial charge in [0.1, 0.15) is 18.8 Å². The summed E-state index contributed by atoms with van der Waals surface area (Å²) < 4.78 is 28.3. The maximum atomic E-state index is 13.1. The number of rotatable bonds is 51. The molecule has 3 N–H and O–H groups in total. The van der Waals surface area contributed by atoms with Crippen LogP contribution < -0.4 is 0 Å². The highest BCUT2D eigenvalue weighted by Crippen LogP contribution is 2.26. The van der Waals surface area contributed by atoms with Crippen LogP contribution in [0.1, 0.15) is 252 Å². The summed E-state index contributed by atoms with van der Waals surface area (Å²) in [6.45, 7) is 5.78. The lowest BCUT2D eigenvalue weighted by Gasteiger charge is -2.40. The van der Waals surface area contributed by atoms with Crippen molar-refractivity contribution in [2.75, 3.05) is 13.2 Å². The fourth-order valence-corrected chi connectivity index (χ4v) is 8.76. The number of aliphatic hydroxyl groups excluding tert-OH is 2. The number of unbranched alkanes of at least 4 members (excludes halogenated alkanes) is 23. The summed E-state index contributed by atoms with van der Waals surface area (Å²) in [5.74, 6) is -3.24. The van der Waals surface area contributed by atoms with Gasteiger partial charge in [-0.2, -0.15) is 0 Å². The van der Waals surface area contributed by atoms with E-state index in [1.165, 1.54) is 96.3 Å². The first kappa shape index (κ1) is 70.9. The summed E-state index contributed by atoms with van der Waals surface area (Å²) in [7, 11) is 0. The molecule has 1 aliphatic rings. The lowest BCUT2D eigenvalue weighted by atomic mass is 9.98. The molecule has 440 valence electrons. The average molecular weight is 1080 g/mol. The molecule has 0 aromatic heterocycles. The first-order valence-corrected chi connectivity index (χ1v) is 30.6. The SMILES string of the molecule is CC/C=C\C/C=C\C/C=C\C/C=C\CCC(=O)OC(COC(=O)CCCCCCCCCCC/C=C\C/C=C\CCCCC)COC1OC(C(=O)O)C(O)C(O)C1OC(=O)CCCCCCC/C=C\CCCCCCCC. The van der Waals surface area contributed by atoms with Crippen LogP contribution in [0, 0.1) is 0 Å². The van der Waals surface area contributed by atoms with Crippen LogP contribution in [0.3, 0.4) is 0 Å².